The first kappa shape index (κ1) is 18.3. The van der Waals surface area contributed by atoms with Crippen molar-refractivity contribution in [2.45, 2.75) is 55.5 Å². The van der Waals surface area contributed by atoms with E-state index in [1.54, 1.807) is 23.1 Å². The van der Waals surface area contributed by atoms with Gasteiger partial charge in [-0.2, -0.15) is 5.26 Å². The Labute approximate surface area is 168 Å². The second-order valence-corrected chi connectivity index (χ2v) is 8.89. The smallest absolute Gasteiger partial charge is 0.191 e. The van der Waals surface area contributed by atoms with Crippen LogP contribution in [0.1, 0.15) is 60.0 Å². The highest BCUT2D eigenvalue weighted by atomic mass is 32.2. The molecule has 0 unspecified atom stereocenters. The molecule has 1 fully saturated rings. The molecule has 4 rings (SSSR count). The Bertz CT molecular complexity index is 918. The van der Waals surface area contributed by atoms with E-state index in [1.807, 2.05) is 18.2 Å². The van der Waals surface area contributed by atoms with Gasteiger partial charge in [0.05, 0.1) is 11.6 Å². The van der Waals surface area contributed by atoms with Crippen molar-refractivity contribution in [1.82, 2.24) is 14.8 Å². The maximum atomic E-state index is 9.11. The normalized spacial score (nSPS) is 14.9. The summed E-state index contributed by atoms with van der Waals surface area (Å²) in [6.07, 6.45) is 7.19. The molecule has 4 nitrogen and oxygen atoms in total. The van der Waals surface area contributed by atoms with Crippen molar-refractivity contribution in [3.8, 4) is 6.07 Å². The molecular weight excluding hydrogens is 372 g/mol. The molecule has 3 aromatic rings. The summed E-state index contributed by atoms with van der Waals surface area (Å²) in [5.41, 5.74) is 1.86. The summed E-state index contributed by atoms with van der Waals surface area (Å²) >= 11 is 3.51. The minimum Gasteiger partial charge on any atom is -0.303 e. The molecule has 0 bridgehead atoms. The lowest BCUT2D eigenvalue weighted by atomic mass is 9.95. The van der Waals surface area contributed by atoms with E-state index in [4.69, 9.17) is 5.26 Å². The first-order chi connectivity index (χ1) is 13.3. The second kappa shape index (κ2) is 8.73. The molecule has 0 atom stereocenters. The molecule has 2 heterocycles. The fourth-order valence-corrected chi connectivity index (χ4v) is 5.35. The largest absolute Gasteiger partial charge is 0.303 e. The first-order valence-electron chi connectivity index (χ1n) is 9.41. The summed E-state index contributed by atoms with van der Waals surface area (Å²) in [7, 11) is 0. The van der Waals surface area contributed by atoms with Gasteiger partial charge in [0.15, 0.2) is 5.16 Å². The number of hydrogen-bond donors (Lipinski definition) is 0. The molecule has 1 aliphatic rings. The summed E-state index contributed by atoms with van der Waals surface area (Å²) < 4.78 is 2.40. The van der Waals surface area contributed by atoms with Gasteiger partial charge in [0, 0.05) is 23.1 Å². The van der Waals surface area contributed by atoms with Crippen molar-refractivity contribution in [3.05, 3.63) is 63.6 Å². The van der Waals surface area contributed by atoms with Crippen LogP contribution >= 0.6 is 23.1 Å². The van der Waals surface area contributed by atoms with Crippen molar-refractivity contribution in [2.24, 2.45) is 0 Å². The number of nitriles is 1. The van der Waals surface area contributed by atoms with E-state index in [0.717, 1.165) is 28.7 Å². The molecule has 138 valence electrons. The molecule has 0 N–H and O–H groups in total. The van der Waals surface area contributed by atoms with Crippen LogP contribution in [-0.2, 0) is 12.2 Å². The number of aromatic nitrogens is 3. The van der Waals surface area contributed by atoms with Crippen LogP contribution in [0.5, 0.6) is 0 Å². The van der Waals surface area contributed by atoms with E-state index in [1.165, 1.54) is 37.0 Å². The summed E-state index contributed by atoms with van der Waals surface area (Å²) in [5.74, 6) is 1.89. The van der Waals surface area contributed by atoms with Gasteiger partial charge in [0.1, 0.15) is 5.82 Å². The van der Waals surface area contributed by atoms with Gasteiger partial charge in [-0.3, -0.25) is 0 Å². The molecule has 0 radical (unpaired) electrons. The quantitative estimate of drug-likeness (QED) is 0.511. The van der Waals surface area contributed by atoms with Crippen LogP contribution in [0.25, 0.3) is 0 Å². The van der Waals surface area contributed by atoms with Gasteiger partial charge in [-0.25, -0.2) is 0 Å². The van der Waals surface area contributed by atoms with E-state index in [-0.39, 0.29) is 0 Å². The minimum absolute atomic E-state index is 0.511. The number of rotatable bonds is 6. The fourth-order valence-electron chi connectivity index (χ4n) is 3.68. The van der Waals surface area contributed by atoms with Crippen molar-refractivity contribution in [3.63, 3.8) is 0 Å². The molecule has 6 heteroatoms. The van der Waals surface area contributed by atoms with E-state index in [9.17, 15) is 0 Å². The van der Waals surface area contributed by atoms with Crippen LogP contribution in [0.2, 0.25) is 0 Å². The highest BCUT2D eigenvalue weighted by Crippen LogP contribution is 2.34. The maximum absolute atomic E-state index is 9.11. The number of hydrogen-bond acceptors (Lipinski definition) is 5. The molecule has 2 aromatic heterocycles. The molecule has 0 saturated heterocycles. The summed E-state index contributed by atoms with van der Waals surface area (Å²) in [5, 5.41) is 21.3. The average molecular weight is 395 g/mol. The Balaban J connectivity index is 1.57. The fraction of sp³-hybridized carbons (Fsp3) is 0.381. The number of nitrogens with zero attached hydrogens (tertiary/aromatic N) is 4. The van der Waals surface area contributed by atoms with Gasteiger partial charge in [-0.15, -0.1) is 21.5 Å². The zero-order valence-electron chi connectivity index (χ0n) is 15.2. The molecule has 1 aromatic carbocycles. The topological polar surface area (TPSA) is 54.5 Å². The van der Waals surface area contributed by atoms with Gasteiger partial charge in [0.25, 0.3) is 0 Å². The predicted molar refractivity (Wildman–Crippen MR) is 110 cm³/mol. The Morgan fingerprint density at radius 3 is 2.81 bits per heavy atom. The van der Waals surface area contributed by atoms with E-state index < -0.39 is 0 Å². The average Bonchev–Trinajstić information content (AvgIpc) is 3.37. The van der Waals surface area contributed by atoms with Crippen LogP contribution in [0.4, 0.5) is 0 Å². The second-order valence-electron chi connectivity index (χ2n) is 6.92. The molecule has 1 aliphatic carbocycles. The standard InChI is InChI=1S/C21H22N4S2/c22-14-16-6-4-7-17(12-16)15-27-21-24-23-20(13-19-10-5-11-26-19)25(21)18-8-2-1-3-9-18/h4-7,10-12,18H,1-3,8-9,13,15H2. The number of benzene rings is 1. The third kappa shape index (κ3) is 4.42. The Morgan fingerprint density at radius 1 is 1.15 bits per heavy atom. The lowest BCUT2D eigenvalue weighted by Crippen LogP contribution is -2.16. The Hall–Kier alpha value is -2.10. The summed E-state index contributed by atoms with van der Waals surface area (Å²) in [6.45, 7) is 0. The third-order valence-corrected chi connectivity index (χ3v) is 6.90. The lowest BCUT2D eigenvalue weighted by Gasteiger charge is -2.25. The first-order valence-corrected chi connectivity index (χ1v) is 11.3. The highest BCUT2D eigenvalue weighted by molar-refractivity contribution is 7.98. The Kier molecular flexibility index (Phi) is 5.90. The van der Waals surface area contributed by atoms with Crippen LogP contribution in [0, 0.1) is 11.3 Å². The van der Waals surface area contributed by atoms with E-state index in [2.05, 4.69) is 44.4 Å². The monoisotopic (exact) mass is 394 g/mol. The van der Waals surface area contributed by atoms with Gasteiger partial charge in [-0.1, -0.05) is 49.2 Å². The zero-order valence-corrected chi connectivity index (χ0v) is 16.8. The molecular formula is C21H22N4S2. The van der Waals surface area contributed by atoms with Crippen LogP contribution < -0.4 is 0 Å². The van der Waals surface area contributed by atoms with E-state index >= 15 is 0 Å². The SMILES string of the molecule is N#Cc1cccc(CSc2nnc(Cc3cccs3)n2C2CCCCC2)c1. The Morgan fingerprint density at radius 2 is 2.04 bits per heavy atom. The summed E-state index contributed by atoms with van der Waals surface area (Å²) in [6, 6.07) is 14.8. The minimum atomic E-state index is 0.511. The van der Waals surface area contributed by atoms with E-state index in [0.29, 0.717) is 11.6 Å². The molecule has 0 amide bonds. The maximum Gasteiger partial charge on any atom is 0.191 e. The zero-order chi connectivity index (χ0) is 18.5. The molecule has 27 heavy (non-hydrogen) atoms. The van der Waals surface area contributed by atoms with Crippen LogP contribution in [0.15, 0.2) is 46.9 Å². The van der Waals surface area contributed by atoms with Crippen molar-refractivity contribution in [2.75, 3.05) is 0 Å². The van der Waals surface area contributed by atoms with Gasteiger partial charge in [-0.05, 0) is 42.0 Å². The molecule has 0 aliphatic heterocycles. The molecule has 1 saturated carbocycles. The number of thiophene rings is 1. The predicted octanol–water partition coefficient (Wildman–Crippen LogP) is 5.60. The molecule has 0 spiro atoms. The van der Waals surface area contributed by atoms with Gasteiger partial charge < -0.3 is 4.57 Å². The lowest BCUT2D eigenvalue weighted by molar-refractivity contribution is 0.330. The van der Waals surface area contributed by atoms with Crippen molar-refractivity contribution < 1.29 is 0 Å². The van der Waals surface area contributed by atoms with Crippen LogP contribution in [-0.4, -0.2) is 14.8 Å². The van der Waals surface area contributed by atoms with Gasteiger partial charge >= 0.3 is 0 Å². The van der Waals surface area contributed by atoms with Crippen molar-refractivity contribution >= 4 is 23.1 Å². The van der Waals surface area contributed by atoms with Crippen LogP contribution in [0.3, 0.4) is 0 Å². The van der Waals surface area contributed by atoms with Gasteiger partial charge in [0.2, 0.25) is 0 Å². The number of thioether (sulfide) groups is 1. The summed E-state index contributed by atoms with van der Waals surface area (Å²) in [4.78, 5) is 1.33. The third-order valence-electron chi connectivity index (χ3n) is 5.01. The highest BCUT2D eigenvalue weighted by Gasteiger charge is 2.23. The van der Waals surface area contributed by atoms with Crippen molar-refractivity contribution in [1.29, 1.82) is 5.26 Å².